The van der Waals surface area contributed by atoms with Gasteiger partial charge in [0.2, 0.25) is 5.82 Å². The highest BCUT2D eigenvalue weighted by Gasteiger charge is 2.31. The van der Waals surface area contributed by atoms with Crippen molar-refractivity contribution in [2.24, 2.45) is 0 Å². The Morgan fingerprint density at radius 2 is 1.95 bits per heavy atom. The molecule has 0 radical (unpaired) electrons. The molecule has 2 aromatic rings. The molecule has 0 aliphatic carbocycles. The van der Waals surface area contributed by atoms with Gasteiger partial charge in [0.25, 0.3) is 14.2 Å². The molecule has 0 unspecified atom stereocenters. The van der Waals surface area contributed by atoms with Crippen molar-refractivity contribution in [2.75, 3.05) is 0 Å². The second-order valence-electron chi connectivity index (χ2n) is 5.02. The largest absolute Gasteiger partial charge is 0.440 e. The van der Waals surface area contributed by atoms with E-state index in [4.69, 9.17) is 15.1 Å². The van der Waals surface area contributed by atoms with Crippen LogP contribution in [0.3, 0.4) is 0 Å². The second kappa shape index (κ2) is 4.31. The summed E-state index contributed by atoms with van der Waals surface area (Å²) in [5.41, 5.74) is 0.00597. The van der Waals surface area contributed by atoms with E-state index in [2.05, 4.69) is 15.2 Å². The molecule has 0 aromatic carbocycles. The van der Waals surface area contributed by atoms with E-state index in [1.54, 1.807) is 6.92 Å². The van der Waals surface area contributed by atoms with E-state index >= 15 is 0 Å². The first-order valence-electron chi connectivity index (χ1n) is 5.43. The summed E-state index contributed by atoms with van der Waals surface area (Å²) >= 11 is 0. The van der Waals surface area contributed by atoms with E-state index in [0.717, 1.165) is 0 Å². The highest BCUT2D eigenvalue weighted by Crippen LogP contribution is 2.30. The molecule has 0 aliphatic rings. The first-order chi connectivity index (χ1) is 8.62. The van der Waals surface area contributed by atoms with Crippen LogP contribution in [0.1, 0.15) is 26.5 Å². The molecule has 0 saturated carbocycles. The Bertz CT molecular complexity index is 711. The normalized spacial score (nSPS) is 12.9. The molecule has 0 saturated heterocycles. The van der Waals surface area contributed by atoms with Crippen LogP contribution >= 0.6 is 10.7 Å². The third kappa shape index (κ3) is 2.50. The lowest BCUT2D eigenvalue weighted by molar-refractivity contribution is 0.363. The van der Waals surface area contributed by atoms with Gasteiger partial charge in [-0.05, 0) is 27.7 Å². The average molecular weight is 305 g/mol. The van der Waals surface area contributed by atoms with Crippen molar-refractivity contribution in [3.8, 4) is 11.6 Å². The predicted molar refractivity (Wildman–Crippen MR) is 68.3 cm³/mol. The highest BCUT2D eigenvalue weighted by molar-refractivity contribution is 8.13. The highest BCUT2D eigenvalue weighted by atomic mass is 35.7. The molecular weight excluding hydrogens is 292 g/mol. The fraction of sp³-hybridized carbons (Fsp3) is 0.500. The van der Waals surface area contributed by atoms with Crippen LogP contribution < -0.4 is 0 Å². The van der Waals surface area contributed by atoms with Crippen LogP contribution in [0.15, 0.2) is 16.0 Å². The average Bonchev–Trinajstić information content (AvgIpc) is 2.79. The zero-order chi connectivity index (χ0) is 14.4. The van der Waals surface area contributed by atoms with Crippen molar-refractivity contribution >= 4 is 19.7 Å². The summed E-state index contributed by atoms with van der Waals surface area (Å²) in [7, 11) is 1.39. The van der Waals surface area contributed by atoms with Crippen LogP contribution in [0.2, 0.25) is 0 Å². The van der Waals surface area contributed by atoms with Crippen molar-refractivity contribution in [2.45, 2.75) is 38.4 Å². The van der Waals surface area contributed by atoms with Gasteiger partial charge in [-0.25, -0.2) is 13.4 Å². The van der Waals surface area contributed by atoms with Crippen molar-refractivity contribution in [1.82, 2.24) is 19.7 Å². The zero-order valence-corrected chi connectivity index (χ0v) is 12.4. The third-order valence-electron chi connectivity index (χ3n) is 2.47. The predicted octanol–water partition coefficient (Wildman–Crippen LogP) is 1.92. The molecular formula is C10H13ClN4O3S. The van der Waals surface area contributed by atoms with Gasteiger partial charge in [0.1, 0.15) is 0 Å². The van der Waals surface area contributed by atoms with Gasteiger partial charge in [0, 0.05) is 16.2 Å². The summed E-state index contributed by atoms with van der Waals surface area (Å²) in [4.78, 5) is 3.96. The van der Waals surface area contributed by atoms with Crippen LogP contribution in [-0.4, -0.2) is 28.2 Å². The molecule has 0 amide bonds. The van der Waals surface area contributed by atoms with E-state index in [0.29, 0.717) is 11.5 Å². The molecule has 2 rings (SSSR count). The monoisotopic (exact) mass is 304 g/mol. The van der Waals surface area contributed by atoms with Gasteiger partial charge >= 0.3 is 0 Å². The summed E-state index contributed by atoms with van der Waals surface area (Å²) in [6.45, 7) is 7.18. The minimum atomic E-state index is -4.00. The van der Waals surface area contributed by atoms with E-state index in [9.17, 15) is 8.42 Å². The summed E-state index contributed by atoms with van der Waals surface area (Å²) in [6.07, 6.45) is 1.27. The standard InChI is InChI=1S/C10H13ClN4O3S/c1-6-7(18-5-12-6)8-13-14-9(19(11,16)17)15(8)10(2,3)4/h5H,1-4H3. The van der Waals surface area contributed by atoms with Crippen LogP contribution in [-0.2, 0) is 14.6 Å². The summed E-state index contributed by atoms with van der Waals surface area (Å²) in [6, 6.07) is 0. The Labute approximate surface area is 115 Å². The maximum Gasteiger partial charge on any atom is 0.296 e. The molecule has 19 heavy (non-hydrogen) atoms. The fourth-order valence-corrected chi connectivity index (χ4v) is 2.71. The van der Waals surface area contributed by atoms with Gasteiger partial charge in [0.15, 0.2) is 12.2 Å². The molecule has 104 valence electrons. The van der Waals surface area contributed by atoms with Crippen LogP contribution in [0, 0.1) is 6.92 Å². The zero-order valence-electron chi connectivity index (χ0n) is 10.9. The van der Waals surface area contributed by atoms with E-state index in [-0.39, 0.29) is 11.0 Å². The Morgan fingerprint density at radius 3 is 2.37 bits per heavy atom. The molecule has 0 spiro atoms. The molecule has 0 N–H and O–H groups in total. The van der Waals surface area contributed by atoms with Crippen LogP contribution in [0.4, 0.5) is 0 Å². The molecule has 9 heteroatoms. The number of oxazole rings is 1. The molecule has 0 atom stereocenters. The lowest BCUT2D eigenvalue weighted by atomic mass is 10.1. The van der Waals surface area contributed by atoms with Crippen molar-refractivity contribution in [1.29, 1.82) is 0 Å². The fourth-order valence-electron chi connectivity index (χ4n) is 1.70. The number of halogens is 1. The lowest BCUT2D eigenvalue weighted by Crippen LogP contribution is -2.25. The topological polar surface area (TPSA) is 90.9 Å². The van der Waals surface area contributed by atoms with Gasteiger partial charge in [0.05, 0.1) is 5.69 Å². The molecule has 0 fully saturated rings. The number of hydrogen-bond donors (Lipinski definition) is 0. The number of aryl methyl sites for hydroxylation is 1. The second-order valence-corrected chi connectivity index (χ2v) is 7.48. The quantitative estimate of drug-likeness (QED) is 0.787. The van der Waals surface area contributed by atoms with Crippen molar-refractivity contribution in [3.05, 3.63) is 12.1 Å². The summed E-state index contributed by atoms with van der Waals surface area (Å²) < 4.78 is 29.8. The Balaban J connectivity index is 2.79. The summed E-state index contributed by atoms with van der Waals surface area (Å²) in [5.74, 6) is 0.649. The maximum absolute atomic E-state index is 11.6. The maximum atomic E-state index is 11.6. The summed E-state index contributed by atoms with van der Waals surface area (Å²) in [5, 5.41) is 7.21. The number of rotatable bonds is 2. The minimum absolute atomic E-state index is 0.279. The molecule has 7 nitrogen and oxygen atoms in total. The van der Waals surface area contributed by atoms with Gasteiger partial charge in [-0.3, -0.25) is 4.57 Å². The van der Waals surface area contributed by atoms with Crippen LogP contribution in [0.25, 0.3) is 11.6 Å². The molecule has 0 bridgehead atoms. The van der Waals surface area contributed by atoms with Gasteiger partial charge < -0.3 is 4.42 Å². The van der Waals surface area contributed by atoms with Crippen molar-refractivity contribution in [3.63, 3.8) is 0 Å². The molecule has 2 heterocycles. The van der Waals surface area contributed by atoms with Crippen LogP contribution in [0.5, 0.6) is 0 Å². The minimum Gasteiger partial charge on any atom is -0.440 e. The first kappa shape index (κ1) is 14.0. The number of hydrogen-bond acceptors (Lipinski definition) is 6. The van der Waals surface area contributed by atoms with Gasteiger partial charge in [-0.2, -0.15) is 0 Å². The number of nitrogens with zero attached hydrogens (tertiary/aromatic N) is 4. The van der Waals surface area contributed by atoms with E-state index < -0.39 is 14.6 Å². The first-order valence-corrected chi connectivity index (χ1v) is 7.74. The smallest absolute Gasteiger partial charge is 0.296 e. The SMILES string of the molecule is Cc1ncoc1-c1nnc(S(=O)(=O)Cl)n1C(C)(C)C. The lowest BCUT2D eigenvalue weighted by Gasteiger charge is -2.23. The Kier molecular flexibility index (Phi) is 3.18. The van der Waals surface area contributed by atoms with Gasteiger partial charge in [-0.1, -0.05) is 0 Å². The van der Waals surface area contributed by atoms with E-state index in [1.165, 1.54) is 11.0 Å². The van der Waals surface area contributed by atoms with Gasteiger partial charge in [-0.15, -0.1) is 10.2 Å². The Morgan fingerprint density at radius 1 is 1.32 bits per heavy atom. The van der Waals surface area contributed by atoms with Crippen molar-refractivity contribution < 1.29 is 12.8 Å². The number of aromatic nitrogens is 4. The Hall–Kier alpha value is -1.41. The molecule has 2 aromatic heterocycles. The third-order valence-corrected chi connectivity index (χ3v) is 3.59. The van der Waals surface area contributed by atoms with E-state index in [1.807, 2.05) is 20.8 Å². The molecule has 0 aliphatic heterocycles.